The normalized spacial score (nSPS) is 10.2. The van der Waals surface area contributed by atoms with Crippen molar-refractivity contribution in [3.63, 3.8) is 0 Å². The number of aromatic hydroxyl groups is 1. The minimum Gasteiger partial charge on any atom is -0.504 e. The molecule has 0 unspecified atom stereocenters. The number of para-hydroxylation sites is 2. The summed E-state index contributed by atoms with van der Waals surface area (Å²) in [7, 11) is 0. The molecule has 3 N–H and O–H groups in total. The molecule has 17 heavy (non-hydrogen) atoms. The Bertz CT molecular complexity index is 529. The van der Waals surface area contributed by atoms with Gasteiger partial charge >= 0.3 is 0 Å². The highest BCUT2D eigenvalue weighted by molar-refractivity contribution is 5.41. The van der Waals surface area contributed by atoms with Crippen LogP contribution < -0.4 is 10.5 Å². The van der Waals surface area contributed by atoms with Gasteiger partial charge in [-0.05, 0) is 24.3 Å². The Balaban J connectivity index is 2.10. The van der Waals surface area contributed by atoms with Gasteiger partial charge in [0.2, 0.25) is 0 Å². The zero-order valence-electron chi connectivity index (χ0n) is 9.06. The van der Waals surface area contributed by atoms with Crippen molar-refractivity contribution in [2.24, 2.45) is 0 Å². The quantitative estimate of drug-likeness (QED) is 0.801. The van der Waals surface area contributed by atoms with Gasteiger partial charge in [-0.25, -0.2) is 4.39 Å². The van der Waals surface area contributed by atoms with Gasteiger partial charge in [0, 0.05) is 11.3 Å². The Morgan fingerprint density at radius 2 is 1.94 bits per heavy atom. The second-order valence-corrected chi connectivity index (χ2v) is 3.61. The molecule has 0 amide bonds. The number of halogens is 1. The highest BCUT2D eigenvalue weighted by Crippen LogP contribution is 2.25. The van der Waals surface area contributed by atoms with E-state index in [0.29, 0.717) is 17.0 Å². The molecule has 0 bridgehead atoms. The average molecular weight is 233 g/mol. The predicted octanol–water partition coefficient (Wildman–Crippen LogP) is 2.69. The molecule has 2 rings (SSSR count). The molecule has 0 aliphatic rings. The zero-order chi connectivity index (χ0) is 12.3. The fraction of sp³-hybridized carbons (Fsp3) is 0.0769. The molecule has 0 aliphatic carbocycles. The largest absolute Gasteiger partial charge is 0.504 e. The lowest BCUT2D eigenvalue weighted by atomic mass is 10.2. The van der Waals surface area contributed by atoms with Crippen LogP contribution in [0, 0.1) is 5.82 Å². The first-order chi connectivity index (χ1) is 8.16. The summed E-state index contributed by atoms with van der Waals surface area (Å²) < 4.78 is 18.7. The summed E-state index contributed by atoms with van der Waals surface area (Å²) in [6.45, 7) is 0.0453. The third-order valence-corrected chi connectivity index (χ3v) is 2.33. The number of phenols is 1. The van der Waals surface area contributed by atoms with Crippen LogP contribution in [0.3, 0.4) is 0 Å². The summed E-state index contributed by atoms with van der Waals surface area (Å²) in [4.78, 5) is 0. The fourth-order valence-corrected chi connectivity index (χ4v) is 1.42. The van der Waals surface area contributed by atoms with E-state index in [1.165, 1.54) is 12.1 Å². The maximum absolute atomic E-state index is 13.4. The number of hydrogen-bond acceptors (Lipinski definition) is 3. The number of nitrogen functional groups attached to an aromatic ring is 1. The molecule has 0 atom stereocenters. The maximum atomic E-state index is 13.4. The lowest BCUT2D eigenvalue weighted by Gasteiger charge is -2.08. The molecule has 0 spiro atoms. The van der Waals surface area contributed by atoms with Crippen LogP contribution in [-0.4, -0.2) is 5.11 Å². The zero-order valence-corrected chi connectivity index (χ0v) is 9.06. The van der Waals surface area contributed by atoms with Crippen LogP contribution in [0.2, 0.25) is 0 Å². The number of phenolic OH excluding ortho intramolecular Hbond substituents is 1. The van der Waals surface area contributed by atoms with E-state index in [1.54, 1.807) is 30.3 Å². The van der Waals surface area contributed by atoms with E-state index in [1.807, 2.05) is 0 Å². The Morgan fingerprint density at radius 3 is 2.65 bits per heavy atom. The van der Waals surface area contributed by atoms with Crippen LogP contribution in [0.15, 0.2) is 42.5 Å². The predicted molar refractivity (Wildman–Crippen MR) is 63.3 cm³/mol. The van der Waals surface area contributed by atoms with Crippen molar-refractivity contribution >= 4 is 5.69 Å². The summed E-state index contributed by atoms with van der Waals surface area (Å²) in [5.74, 6) is -0.0625. The molecule has 0 fully saturated rings. The number of hydrogen-bond donors (Lipinski definition) is 2. The van der Waals surface area contributed by atoms with Crippen molar-refractivity contribution in [1.82, 2.24) is 0 Å². The molecular formula is C13H12FNO2. The maximum Gasteiger partial charge on any atom is 0.161 e. The monoisotopic (exact) mass is 233 g/mol. The van der Waals surface area contributed by atoms with Gasteiger partial charge in [-0.15, -0.1) is 0 Å². The fourth-order valence-electron chi connectivity index (χ4n) is 1.42. The third-order valence-electron chi connectivity index (χ3n) is 2.33. The molecule has 4 heteroatoms. The lowest BCUT2D eigenvalue weighted by Crippen LogP contribution is -1.99. The smallest absolute Gasteiger partial charge is 0.161 e. The van der Waals surface area contributed by atoms with Crippen LogP contribution in [0.5, 0.6) is 11.5 Å². The Labute approximate surface area is 98.3 Å². The van der Waals surface area contributed by atoms with Crippen LogP contribution in [0.1, 0.15) is 5.56 Å². The Hall–Kier alpha value is -2.23. The molecule has 88 valence electrons. The summed E-state index contributed by atoms with van der Waals surface area (Å²) in [5, 5.41) is 9.46. The highest BCUT2D eigenvalue weighted by atomic mass is 19.1. The number of rotatable bonds is 3. The van der Waals surface area contributed by atoms with Gasteiger partial charge in [0.05, 0.1) is 0 Å². The van der Waals surface area contributed by atoms with Crippen LogP contribution in [0.25, 0.3) is 0 Å². The molecule has 0 saturated heterocycles. The Kier molecular flexibility index (Phi) is 3.14. The van der Waals surface area contributed by atoms with E-state index >= 15 is 0 Å². The topological polar surface area (TPSA) is 55.5 Å². The molecule has 0 aromatic heterocycles. The second kappa shape index (κ2) is 4.74. The van der Waals surface area contributed by atoms with Crippen molar-refractivity contribution in [3.05, 3.63) is 53.8 Å². The van der Waals surface area contributed by atoms with Gasteiger partial charge in [0.25, 0.3) is 0 Å². The van der Waals surface area contributed by atoms with Gasteiger partial charge in [-0.1, -0.05) is 18.2 Å². The van der Waals surface area contributed by atoms with Crippen molar-refractivity contribution in [1.29, 1.82) is 0 Å². The van der Waals surface area contributed by atoms with Crippen molar-refractivity contribution in [2.45, 2.75) is 6.61 Å². The minimum atomic E-state index is -0.416. The molecule has 0 heterocycles. The molecular weight excluding hydrogens is 221 g/mol. The van der Waals surface area contributed by atoms with E-state index in [-0.39, 0.29) is 12.4 Å². The molecule has 3 nitrogen and oxygen atoms in total. The lowest BCUT2D eigenvalue weighted by molar-refractivity contribution is 0.284. The highest BCUT2D eigenvalue weighted by Gasteiger charge is 2.05. The third kappa shape index (κ3) is 2.66. The number of nitrogens with two attached hydrogens (primary N) is 1. The molecule has 0 aliphatic heterocycles. The van der Waals surface area contributed by atoms with Gasteiger partial charge in [0.15, 0.2) is 11.5 Å². The molecule has 2 aromatic carbocycles. The van der Waals surface area contributed by atoms with Crippen LogP contribution >= 0.6 is 0 Å². The van der Waals surface area contributed by atoms with Crippen molar-refractivity contribution < 1.29 is 14.2 Å². The molecule has 0 radical (unpaired) electrons. The van der Waals surface area contributed by atoms with E-state index < -0.39 is 5.82 Å². The Morgan fingerprint density at radius 1 is 1.18 bits per heavy atom. The summed E-state index contributed by atoms with van der Waals surface area (Å²) in [6.07, 6.45) is 0. The molecule has 2 aromatic rings. The SMILES string of the molecule is Nc1ccc(COc2ccccc2O)c(F)c1. The summed E-state index contributed by atoms with van der Waals surface area (Å²) >= 11 is 0. The summed E-state index contributed by atoms with van der Waals surface area (Å²) in [5.41, 5.74) is 6.20. The van der Waals surface area contributed by atoms with E-state index in [4.69, 9.17) is 10.5 Å². The van der Waals surface area contributed by atoms with E-state index in [9.17, 15) is 9.50 Å². The van der Waals surface area contributed by atoms with Gasteiger partial charge in [-0.2, -0.15) is 0 Å². The number of anilines is 1. The van der Waals surface area contributed by atoms with E-state index in [0.717, 1.165) is 0 Å². The van der Waals surface area contributed by atoms with E-state index in [2.05, 4.69) is 0 Å². The van der Waals surface area contributed by atoms with Gasteiger partial charge in [0.1, 0.15) is 12.4 Å². The number of benzene rings is 2. The van der Waals surface area contributed by atoms with Gasteiger partial charge < -0.3 is 15.6 Å². The van der Waals surface area contributed by atoms with Crippen LogP contribution in [0.4, 0.5) is 10.1 Å². The van der Waals surface area contributed by atoms with Crippen molar-refractivity contribution in [2.75, 3.05) is 5.73 Å². The minimum absolute atomic E-state index is 0.0309. The standard InChI is InChI=1S/C13H12FNO2/c14-11-7-10(15)6-5-9(11)8-17-13-4-2-1-3-12(13)16/h1-7,16H,8,15H2. The number of ether oxygens (including phenoxy) is 1. The molecule has 0 saturated carbocycles. The van der Waals surface area contributed by atoms with Crippen molar-refractivity contribution in [3.8, 4) is 11.5 Å². The second-order valence-electron chi connectivity index (χ2n) is 3.61. The van der Waals surface area contributed by atoms with Crippen LogP contribution in [-0.2, 0) is 6.61 Å². The first-order valence-electron chi connectivity index (χ1n) is 5.11. The van der Waals surface area contributed by atoms with Gasteiger partial charge in [-0.3, -0.25) is 0 Å². The first kappa shape index (κ1) is 11.3. The summed E-state index contributed by atoms with van der Waals surface area (Å²) in [6, 6.07) is 10.9. The first-order valence-corrected chi connectivity index (χ1v) is 5.11. The average Bonchev–Trinajstić information content (AvgIpc) is 2.30.